The molecule has 0 N–H and O–H groups in total. The number of fused-ring (bicyclic) bond motifs is 1. The van der Waals surface area contributed by atoms with Crippen molar-refractivity contribution in [3.05, 3.63) is 24.0 Å². The van der Waals surface area contributed by atoms with Crippen LogP contribution in [0.3, 0.4) is 0 Å². The first-order chi connectivity index (χ1) is 9.23. The first kappa shape index (κ1) is 14.2. The van der Waals surface area contributed by atoms with E-state index in [1.54, 1.807) is 7.11 Å². The second kappa shape index (κ2) is 6.29. The summed E-state index contributed by atoms with van der Waals surface area (Å²) in [5.41, 5.74) is 2.10. The zero-order valence-corrected chi connectivity index (χ0v) is 12.6. The molecule has 0 saturated carbocycles. The van der Waals surface area contributed by atoms with Crippen LogP contribution in [0.4, 0.5) is 0 Å². The highest BCUT2D eigenvalue weighted by molar-refractivity contribution is 6.16. The zero-order valence-electron chi connectivity index (χ0n) is 11.8. The lowest BCUT2D eigenvalue weighted by atomic mass is 10.0. The fourth-order valence-electron chi connectivity index (χ4n) is 2.40. The average Bonchev–Trinajstić information content (AvgIpc) is 2.81. The van der Waals surface area contributed by atoms with Gasteiger partial charge >= 0.3 is 0 Å². The van der Waals surface area contributed by atoms with Gasteiger partial charge in [0.1, 0.15) is 11.6 Å². The van der Waals surface area contributed by atoms with E-state index in [0.29, 0.717) is 11.8 Å². The van der Waals surface area contributed by atoms with Crippen molar-refractivity contribution in [2.24, 2.45) is 5.92 Å². The Balaban J connectivity index is 2.45. The van der Waals surface area contributed by atoms with Gasteiger partial charge in [0.25, 0.3) is 0 Å². The Kier molecular flexibility index (Phi) is 4.70. The Labute approximate surface area is 119 Å². The molecule has 0 bridgehead atoms. The second-order valence-electron chi connectivity index (χ2n) is 4.81. The maximum absolute atomic E-state index is 6.03. The highest BCUT2D eigenvalue weighted by atomic mass is 35.5. The monoisotopic (exact) mass is 280 g/mol. The molecule has 0 unspecified atom stereocenters. The van der Waals surface area contributed by atoms with Crippen LogP contribution >= 0.6 is 11.6 Å². The molecule has 0 saturated heterocycles. The minimum absolute atomic E-state index is 0.442. The molecule has 0 amide bonds. The van der Waals surface area contributed by atoms with Crippen molar-refractivity contribution in [1.29, 1.82) is 0 Å². The Morgan fingerprint density at radius 2 is 2.05 bits per heavy atom. The van der Waals surface area contributed by atoms with Crippen molar-refractivity contribution < 1.29 is 4.74 Å². The van der Waals surface area contributed by atoms with E-state index in [4.69, 9.17) is 16.3 Å². The summed E-state index contributed by atoms with van der Waals surface area (Å²) in [5, 5.41) is 0. The first-order valence-corrected chi connectivity index (χ1v) is 7.36. The molecule has 2 aromatic rings. The average molecular weight is 281 g/mol. The van der Waals surface area contributed by atoms with E-state index >= 15 is 0 Å². The van der Waals surface area contributed by atoms with Gasteiger partial charge in [-0.3, -0.25) is 0 Å². The van der Waals surface area contributed by atoms with Gasteiger partial charge in [-0.05, 0) is 18.1 Å². The summed E-state index contributed by atoms with van der Waals surface area (Å²) in [6.45, 7) is 5.45. The summed E-state index contributed by atoms with van der Waals surface area (Å²) in [5.74, 6) is 2.89. The number of alkyl halides is 1. The number of hydrogen-bond donors (Lipinski definition) is 0. The largest absolute Gasteiger partial charge is 0.497 e. The maximum atomic E-state index is 6.03. The van der Waals surface area contributed by atoms with E-state index in [-0.39, 0.29) is 0 Å². The molecule has 0 fully saturated rings. The summed E-state index contributed by atoms with van der Waals surface area (Å²) in [6, 6.07) is 6.01. The van der Waals surface area contributed by atoms with Crippen molar-refractivity contribution in [3.63, 3.8) is 0 Å². The molecule has 0 aliphatic rings. The summed E-state index contributed by atoms with van der Waals surface area (Å²) in [4.78, 5) is 4.61. The van der Waals surface area contributed by atoms with Gasteiger partial charge in [0.05, 0.1) is 24.0 Å². The number of methoxy groups -OCH3 is 1. The van der Waals surface area contributed by atoms with Crippen LogP contribution in [0.1, 0.15) is 32.5 Å². The van der Waals surface area contributed by atoms with E-state index in [2.05, 4.69) is 29.5 Å². The molecule has 0 radical (unpaired) electrons. The lowest BCUT2D eigenvalue weighted by Gasteiger charge is -2.15. The van der Waals surface area contributed by atoms with Gasteiger partial charge in [-0.1, -0.05) is 26.7 Å². The lowest BCUT2D eigenvalue weighted by molar-refractivity contribution is 0.414. The summed E-state index contributed by atoms with van der Waals surface area (Å²) >= 11 is 6.03. The molecule has 0 spiro atoms. The quantitative estimate of drug-likeness (QED) is 0.741. The molecule has 19 heavy (non-hydrogen) atoms. The number of rotatable bonds is 6. The van der Waals surface area contributed by atoms with Crippen molar-refractivity contribution in [2.45, 2.75) is 39.1 Å². The van der Waals surface area contributed by atoms with Crippen LogP contribution in [0.2, 0.25) is 0 Å². The van der Waals surface area contributed by atoms with Crippen molar-refractivity contribution in [2.75, 3.05) is 7.11 Å². The zero-order chi connectivity index (χ0) is 13.8. The molecule has 104 valence electrons. The molecular formula is C15H21ClN2O. The summed E-state index contributed by atoms with van der Waals surface area (Å²) in [7, 11) is 1.67. The minimum atomic E-state index is 0.442. The van der Waals surface area contributed by atoms with Crippen LogP contribution in [0, 0.1) is 5.92 Å². The number of ether oxygens (including phenoxy) is 1. The summed E-state index contributed by atoms with van der Waals surface area (Å²) < 4.78 is 7.50. The van der Waals surface area contributed by atoms with Gasteiger partial charge in [-0.15, -0.1) is 11.6 Å². The topological polar surface area (TPSA) is 27.1 Å². The van der Waals surface area contributed by atoms with E-state index in [1.165, 1.54) is 12.8 Å². The number of aromatic nitrogens is 2. The highest BCUT2D eigenvalue weighted by Gasteiger charge is 2.13. The molecule has 0 atom stereocenters. The fraction of sp³-hybridized carbons (Fsp3) is 0.533. The van der Waals surface area contributed by atoms with Crippen LogP contribution in [-0.4, -0.2) is 16.7 Å². The standard InChI is InChI=1S/C15H21ClN2O/c1-4-11(5-2)10-18-14-7-6-12(19-3)8-13(14)17-15(18)9-16/h6-8,11H,4-5,9-10H2,1-3H3. The molecule has 0 aliphatic carbocycles. The van der Waals surface area contributed by atoms with Gasteiger partial charge in [0.2, 0.25) is 0 Å². The van der Waals surface area contributed by atoms with Crippen molar-refractivity contribution >= 4 is 22.6 Å². The van der Waals surface area contributed by atoms with E-state index in [9.17, 15) is 0 Å². The second-order valence-corrected chi connectivity index (χ2v) is 5.08. The fourth-order valence-corrected chi connectivity index (χ4v) is 2.60. The molecule has 3 nitrogen and oxygen atoms in total. The third kappa shape index (κ3) is 2.86. The Bertz CT molecular complexity index is 546. The number of halogens is 1. The number of nitrogens with zero attached hydrogens (tertiary/aromatic N) is 2. The lowest BCUT2D eigenvalue weighted by Crippen LogP contribution is -2.11. The SMILES string of the molecule is CCC(CC)Cn1c(CCl)nc2cc(OC)ccc21. The molecule has 2 rings (SSSR count). The van der Waals surface area contributed by atoms with E-state index in [1.807, 2.05) is 12.1 Å². The third-order valence-electron chi connectivity index (χ3n) is 3.75. The smallest absolute Gasteiger partial charge is 0.124 e. The molecule has 4 heteroatoms. The van der Waals surface area contributed by atoms with Gasteiger partial charge in [-0.2, -0.15) is 0 Å². The van der Waals surface area contributed by atoms with Crippen LogP contribution < -0.4 is 4.74 Å². The number of imidazole rings is 1. The predicted molar refractivity (Wildman–Crippen MR) is 79.9 cm³/mol. The van der Waals surface area contributed by atoms with Gasteiger partial charge in [0, 0.05) is 12.6 Å². The maximum Gasteiger partial charge on any atom is 0.124 e. The van der Waals surface area contributed by atoms with Gasteiger partial charge in [-0.25, -0.2) is 4.98 Å². The van der Waals surface area contributed by atoms with Gasteiger partial charge in [0.15, 0.2) is 0 Å². The van der Waals surface area contributed by atoms with Gasteiger partial charge < -0.3 is 9.30 Å². The first-order valence-electron chi connectivity index (χ1n) is 6.82. The highest BCUT2D eigenvalue weighted by Crippen LogP contribution is 2.24. The molecule has 1 heterocycles. The summed E-state index contributed by atoms with van der Waals surface area (Å²) in [6.07, 6.45) is 2.35. The van der Waals surface area contributed by atoms with Crippen LogP contribution in [0.5, 0.6) is 5.75 Å². The molecule has 1 aromatic heterocycles. The Morgan fingerprint density at radius 1 is 1.32 bits per heavy atom. The molecule has 0 aliphatic heterocycles. The normalized spacial score (nSPS) is 11.4. The molecule has 1 aromatic carbocycles. The van der Waals surface area contributed by atoms with E-state index < -0.39 is 0 Å². The predicted octanol–water partition coefficient (Wildman–Crippen LogP) is 4.22. The van der Waals surface area contributed by atoms with Crippen LogP contribution in [0.25, 0.3) is 11.0 Å². The Morgan fingerprint density at radius 3 is 2.63 bits per heavy atom. The van der Waals surface area contributed by atoms with Crippen LogP contribution in [0.15, 0.2) is 18.2 Å². The molecular weight excluding hydrogens is 260 g/mol. The van der Waals surface area contributed by atoms with Crippen molar-refractivity contribution in [1.82, 2.24) is 9.55 Å². The minimum Gasteiger partial charge on any atom is -0.497 e. The number of hydrogen-bond acceptors (Lipinski definition) is 2. The van der Waals surface area contributed by atoms with Crippen molar-refractivity contribution in [3.8, 4) is 5.75 Å². The number of benzene rings is 1. The Hall–Kier alpha value is -1.22. The third-order valence-corrected chi connectivity index (χ3v) is 3.99. The van der Waals surface area contributed by atoms with E-state index in [0.717, 1.165) is 29.2 Å². The van der Waals surface area contributed by atoms with Crippen LogP contribution in [-0.2, 0) is 12.4 Å².